The minimum atomic E-state index is 0.104. The van der Waals surface area contributed by atoms with E-state index in [1.165, 1.54) is 5.56 Å². The second kappa shape index (κ2) is 12.9. The number of aliphatic imine (C=N–C) groups is 1. The van der Waals surface area contributed by atoms with Gasteiger partial charge < -0.3 is 25.0 Å². The molecule has 3 rings (SSSR count). The van der Waals surface area contributed by atoms with Gasteiger partial charge in [0, 0.05) is 44.5 Å². The average molecular weight is 426 g/mol. The van der Waals surface area contributed by atoms with E-state index in [2.05, 4.69) is 52.6 Å². The van der Waals surface area contributed by atoms with Crippen LogP contribution in [0, 0.1) is 0 Å². The maximum Gasteiger partial charge on any atom is 0.191 e. The molecular formula is C24H35N5O2. The molecule has 7 nitrogen and oxygen atoms in total. The molecule has 1 fully saturated rings. The van der Waals surface area contributed by atoms with Crippen LogP contribution in [0.5, 0.6) is 0 Å². The van der Waals surface area contributed by atoms with Crippen molar-refractivity contribution in [3.05, 3.63) is 59.8 Å². The van der Waals surface area contributed by atoms with Crippen molar-refractivity contribution in [3.63, 3.8) is 0 Å². The molecule has 168 valence electrons. The zero-order valence-corrected chi connectivity index (χ0v) is 18.7. The lowest BCUT2D eigenvalue weighted by Crippen LogP contribution is -2.38. The standard InChI is InChI=1S/C24H35N5O2/c1-3-25-24(27-13-8-16-31-20(2)21-9-5-4-6-10-21)28-19-22-11-7-12-26-23(22)29-14-17-30-18-15-29/h4-7,9-12,20H,3,8,13-19H2,1-2H3,(H2,25,27,28). The molecule has 1 aliphatic heterocycles. The van der Waals surface area contributed by atoms with E-state index in [0.717, 1.165) is 63.2 Å². The van der Waals surface area contributed by atoms with Crippen LogP contribution in [0.1, 0.15) is 37.5 Å². The number of morpholine rings is 1. The quantitative estimate of drug-likeness (QED) is 0.346. The molecule has 1 unspecified atom stereocenters. The monoisotopic (exact) mass is 425 g/mol. The number of ether oxygens (including phenoxy) is 2. The molecule has 2 heterocycles. The van der Waals surface area contributed by atoms with Gasteiger partial charge in [0.2, 0.25) is 0 Å². The highest BCUT2D eigenvalue weighted by molar-refractivity contribution is 5.79. The molecule has 0 radical (unpaired) electrons. The summed E-state index contributed by atoms with van der Waals surface area (Å²) in [7, 11) is 0. The number of nitrogens with one attached hydrogen (secondary N) is 2. The lowest BCUT2D eigenvalue weighted by Gasteiger charge is -2.29. The average Bonchev–Trinajstić information content (AvgIpc) is 2.83. The Hall–Kier alpha value is -2.64. The Morgan fingerprint density at radius 1 is 1.16 bits per heavy atom. The van der Waals surface area contributed by atoms with Gasteiger partial charge in [0.25, 0.3) is 0 Å². The number of guanidine groups is 1. The van der Waals surface area contributed by atoms with Crippen LogP contribution in [0.4, 0.5) is 5.82 Å². The van der Waals surface area contributed by atoms with Gasteiger partial charge in [-0.25, -0.2) is 9.98 Å². The number of aromatic nitrogens is 1. The molecule has 7 heteroatoms. The molecule has 2 N–H and O–H groups in total. The van der Waals surface area contributed by atoms with Crippen LogP contribution in [0.3, 0.4) is 0 Å². The van der Waals surface area contributed by atoms with Crippen LogP contribution in [-0.4, -0.2) is 56.9 Å². The fourth-order valence-corrected chi connectivity index (χ4v) is 3.48. The van der Waals surface area contributed by atoms with Crippen LogP contribution in [-0.2, 0) is 16.0 Å². The number of nitrogens with zero attached hydrogens (tertiary/aromatic N) is 3. The first kappa shape index (κ1) is 23.0. The predicted octanol–water partition coefficient (Wildman–Crippen LogP) is 3.14. The van der Waals surface area contributed by atoms with E-state index in [-0.39, 0.29) is 6.10 Å². The van der Waals surface area contributed by atoms with Crippen LogP contribution < -0.4 is 15.5 Å². The molecule has 2 aromatic rings. The summed E-state index contributed by atoms with van der Waals surface area (Å²) in [6, 6.07) is 14.4. The summed E-state index contributed by atoms with van der Waals surface area (Å²) >= 11 is 0. The largest absolute Gasteiger partial charge is 0.378 e. The Labute approximate surface area is 185 Å². The van der Waals surface area contributed by atoms with Gasteiger partial charge >= 0.3 is 0 Å². The molecule has 0 saturated carbocycles. The summed E-state index contributed by atoms with van der Waals surface area (Å²) in [5.41, 5.74) is 2.33. The zero-order valence-electron chi connectivity index (χ0n) is 18.7. The Morgan fingerprint density at radius 3 is 2.74 bits per heavy atom. The van der Waals surface area contributed by atoms with Crippen molar-refractivity contribution in [1.29, 1.82) is 0 Å². The van der Waals surface area contributed by atoms with E-state index in [9.17, 15) is 0 Å². The molecule has 1 aromatic heterocycles. The summed E-state index contributed by atoms with van der Waals surface area (Å²) in [6.07, 6.45) is 2.86. The fourth-order valence-electron chi connectivity index (χ4n) is 3.48. The van der Waals surface area contributed by atoms with Gasteiger partial charge in [-0.05, 0) is 31.9 Å². The van der Waals surface area contributed by atoms with Gasteiger partial charge in [-0.3, -0.25) is 0 Å². The number of rotatable bonds is 10. The lowest BCUT2D eigenvalue weighted by molar-refractivity contribution is 0.0646. The van der Waals surface area contributed by atoms with E-state index in [1.54, 1.807) is 0 Å². The van der Waals surface area contributed by atoms with Crippen molar-refractivity contribution in [2.45, 2.75) is 32.9 Å². The molecule has 0 amide bonds. The molecule has 31 heavy (non-hydrogen) atoms. The third-order valence-electron chi connectivity index (χ3n) is 5.18. The number of hydrogen-bond donors (Lipinski definition) is 2. The van der Waals surface area contributed by atoms with Gasteiger partial charge in [-0.1, -0.05) is 36.4 Å². The Kier molecular flexibility index (Phi) is 9.60. The Morgan fingerprint density at radius 2 is 1.97 bits per heavy atom. The van der Waals surface area contributed by atoms with Crippen molar-refractivity contribution in [2.24, 2.45) is 4.99 Å². The summed E-state index contributed by atoms with van der Waals surface area (Å²) in [4.78, 5) is 11.7. The molecule has 1 atom stereocenters. The number of anilines is 1. The predicted molar refractivity (Wildman–Crippen MR) is 126 cm³/mol. The van der Waals surface area contributed by atoms with Crippen LogP contribution >= 0.6 is 0 Å². The lowest BCUT2D eigenvalue weighted by atomic mass is 10.1. The van der Waals surface area contributed by atoms with Crippen LogP contribution in [0.2, 0.25) is 0 Å². The third-order valence-corrected chi connectivity index (χ3v) is 5.18. The second-order valence-electron chi connectivity index (χ2n) is 7.48. The van der Waals surface area contributed by atoms with Crippen LogP contribution in [0.15, 0.2) is 53.7 Å². The first-order chi connectivity index (χ1) is 15.3. The second-order valence-corrected chi connectivity index (χ2v) is 7.48. The van der Waals surface area contributed by atoms with Crippen molar-refractivity contribution in [3.8, 4) is 0 Å². The minimum Gasteiger partial charge on any atom is -0.378 e. The smallest absolute Gasteiger partial charge is 0.191 e. The molecule has 1 aliphatic rings. The first-order valence-corrected chi connectivity index (χ1v) is 11.2. The van der Waals surface area contributed by atoms with Crippen LogP contribution in [0.25, 0.3) is 0 Å². The molecule has 1 aromatic carbocycles. The Bertz CT molecular complexity index is 794. The minimum absolute atomic E-state index is 0.104. The number of benzene rings is 1. The summed E-state index contributed by atoms with van der Waals surface area (Å²) in [6.45, 7) is 10.3. The third kappa shape index (κ3) is 7.52. The number of hydrogen-bond acceptors (Lipinski definition) is 5. The van der Waals surface area contributed by atoms with Crippen molar-refractivity contribution in [1.82, 2.24) is 15.6 Å². The highest BCUT2D eigenvalue weighted by Crippen LogP contribution is 2.19. The van der Waals surface area contributed by atoms with Gasteiger partial charge in [0.15, 0.2) is 5.96 Å². The van der Waals surface area contributed by atoms with Crippen molar-refractivity contribution in [2.75, 3.05) is 50.9 Å². The summed E-state index contributed by atoms with van der Waals surface area (Å²) in [5, 5.41) is 6.73. The van der Waals surface area contributed by atoms with E-state index >= 15 is 0 Å². The van der Waals surface area contributed by atoms with Crippen molar-refractivity contribution >= 4 is 11.8 Å². The maximum absolute atomic E-state index is 5.96. The molecular weight excluding hydrogens is 390 g/mol. The van der Waals surface area contributed by atoms with Gasteiger partial charge in [-0.2, -0.15) is 0 Å². The normalized spacial score (nSPS) is 15.5. The highest BCUT2D eigenvalue weighted by atomic mass is 16.5. The van der Waals surface area contributed by atoms with E-state index in [0.29, 0.717) is 13.2 Å². The SMILES string of the molecule is CCNC(=NCc1cccnc1N1CCOCC1)NCCCOC(C)c1ccccc1. The topological polar surface area (TPSA) is 71.0 Å². The van der Waals surface area contributed by atoms with E-state index in [4.69, 9.17) is 14.5 Å². The van der Waals surface area contributed by atoms with Crippen molar-refractivity contribution < 1.29 is 9.47 Å². The van der Waals surface area contributed by atoms with Gasteiger partial charge in [-0.15, -0.1) is 0 Å². The molecule has 1 saturated heterocycles. The zero-order chi connectivity index (χ0) is 21.7. The Balaban J connectivity index is 1.47. The van der Waals surface area contributed by atoms with Gasteiger partial charge in [0.05, 0.1) is 25.9 Å². The summed E-state index contributed by atoms with van der Waals surface area (Å²) in [5.74, 6) is 1.82. The van der Waals surface area contributed by atoms with Gasteiger partial charge in [0.1, 0.15) is 5.82 Å². The molecule has 0 aliphatic carbocycles. The number of pyridine rings is 1. The highest BCUT2D eigenvalue weighted by Gasteiger charge is 2.15. The van der Waals surface area contributed by atoms with E-state index < -0.39 is 0 Å². The molecule has 0 bridgehead atoms. The first-order valence-electron chi connectivity index (χ1n) is 11.2. The fraction of sp³-hybridized carbons (Fsp3) is 0.500. The van der Waals surface area contributed by atoms with E-state index in [1.807, 2.05) is 30.5 Å². The summed E-state index contributed by atoms with van der Waals surface area (Å²) < 4.78 is 11.4. The maximum atomic E-state index is 5.96. The molecule has 0 spiro atoms.